The summed E-state index contributed by atoms with van der Waals surface area (Å²) in [5.41, 5.74) is 2.17. The minimum atomic E-state index is -0.183. The third-order valence-electron chi connectivity index (χ3n) is 3.40. The highest BCUT2D eigenvalue weighted by atomic mass is 16.5. The maximum atomic E-state index is 12.2. The first-order valence-electron chi connectivity index (χ1n) is 7.18. The molecule has 0 bridgehead atoms. The van der Waals surface area contributed by atoms with Crippen LogP contribution in [0.2, 0.25) is 0 Å². The monoisotopic (exact) mass is 308 g/mol. The number of methoxy groups -OCH3 is 1. The zero-order chi connectivity index (χ0) is 16.1. The van der Waals surface area contributed by atoms with Gasteiger partial charge in [0.1, 0.15) is 11.4 Å². The Bertz CT molecular complexity index is 780. The number of hydrogen-bond acceptors (Lipinski definition) is 4. The second-order valence-corrected chi connectivity index (χ2v) is 4.91. The lowest BCUT2D eigenvalue weighted by Gasteiger charge is -2.09. The molecule has 116 valence electrons. The molecule has 5 heteroatoms. The summed E-state index contributed by atoms with van der Waals surface area (Å²) >= 11 is 0. The minimum absolute atomic E-state index is 0.183. The van der Waals surface area contributed by atoms with E-state index in [9.17, 15) is 4.79 Å². The van der Waals surface area contributed by atoms with Crippen LogP contribution in [0.25, 0.3) is 11.5 Å². The Morgan fingerprint density at radius 3 is 2.74 bits per heavy atom. The van der Waals surface area contributed by atoms with E-state index < -0.39 is 0 Å². The van der Waals surface area contributed by atoms with Crippen molar-refractivity contribution in [3.63, 3.8) is 0 Å². The van der Waals surface area contributed by atoms with Crippen molar-refractivity contribution in [3.05, 3.63) is 72.1 Å². The van der Waals surface area contributed by atoms with Crippen LogP contribution in [0.15, 0.2) is 65.4 Å². The van der Waals surface area contributed by atoms with Gasteiger partial charge in [0.05, 0.1) is 18.9 Å². The highest BCUT2D eigenvalue weighted by Crippen LogP contribution is 2.18. The minimum Gasteiger partial charge on any atom is -0.496 e. The van der Waals surface area contributed by atoms with Crippen LogP contribution in [0.5, 0.6) is 5.75 Å². The van der Waals surface area contributed by atoms with Gasteiger partial charge in [-0.1, -0.05) is 18.2 Å². The molecule has 1 N–H and O–H groups in total. The van der Waals surface area contributed by atoms with Crippen LogP contribution in [-0.4, -0.2) is 18.0 Å². The zero-order valence-electron chi connectivity index (χ0n) is 12.7. The van der Waals surface area contributed by atoms with Gasteiger partial charge in [0, 0.05) is 12.7 Å². The van der Waals surface area contributed by atoms with Crippen LogP contribution in [-0.2, 0) is 6.54 Å². The lowest BCUT2D eigenvalue weighted by atomic mass is 10.1. The molecule has 1 amide bonds. The van der Waals surface area contributed by atoms with Crippen molar-refractivity contribution in [3.8, 4) is 17.2 Å². The van der Waals surface area contributed by atoms with Crippen molar-refractivity contribution >= 4 is 5.91 Å². The zero-order valence-corrected chi connectivity index (χ0v) is 12.7. The van der Waals surface area contributed by atoms with E-state index in [0.717, 1.165) is 17.0 Å². The van der Waals surface area contributed by atoms with E-state index in [-0.39, 0.29) is 5.91 Å². The van der Waals surface area contributed by atoms with Gasteiger partial charge in [0.25, 0.3) is 5.91 Å². The Morgan fingerprint density at radius 1 is 1.17 bits per heavy atom. The van der Waals surface area contributed by atoms with Gasteiger partial charge in [-0.3, -0.25) is 9.78 Å². The smallest absolute Gasteiger partial charge is 0.255 e. The first-order valence-corrected chi connectivity index (χ1v) is 7.18. The highest BCUT2D eigenvalue weighted by molar-refractivity contribution is 5.96. The molecule has 0 atom stereocenters. The van der Waals surface area contributed by atoms with Crippen molar-refractivity contribution in [2.75, 3.05) is 7.11 Å². The molecule has 3 aromatic rings. The van der Waals surface area contributed by atoms with Crippen molar-refractivity contribution in [1.82, 2.24) is 10.3 Å². The average Bonchev–Trinajstić information content (AvgIpc) is 3.14. The Morgan fingerprint density at radius 2 is 2.04 bits per heavy atom. The first kappa shape index (κ1) is 14.8. The van der Waals surface area contributed by atoms with Crippen LogP contribution in [0.3, 0.4) is 0 Å². The second kappa shape index (κ2) is 6.79. The van der Waals surface area contributed by atoms with Crippen LogP contribution < -0.4 is 10.1 Å². The second-order valence-electron chi connectivity index (χ2n) is 4.91. The fourth-order valence-electron chi connectivity index (χ4n) is 2.21. The summed E-state index contributed by atoms with van der Waals surface area (Å²) in [6.45, 7) is 0.391. The van der Waals surface area contributed by atoms with Gasteiger partial charge in [0.2, 0.25) is 0 Å². The van der Waals surface area contributed by atoms with Crippen molar-refractivity contribution < 1.29 is 13.9 Å². The molecule has 5 nitrogen and oxygen atoms in total. The molecule has 0 radical (unpaired) electrons. The van der Waals surface area contributed by atoms with Crippen LogP contribution >= 0.6 is 0 Å². The Hall–Kier alpha value is -3.08. The summed E-state index contributed by atoms with van der Waals surface area (Å²) in [7, 11) is 1.55. The Kier molecular flexibility index (Phi) is 4.38. The van der Waals surface area contributed by atoms with Crippen molar-refractivity contribution in [2.45, 2.75) is 6.54 Å². The summed E-state index contributed by atoms with van der Waals surface area (Å²) in [6, 6.07) is 14.6. The summed E-state index contributed by atoms with van der Waals surface area (Å²) < 4.78 is 10.5. The molecule has 0 unspecified atom stereocenters. The van der Waals surface area contributed by atoms with Crippen LogP contribution in [0.1, 0.15) is 15.9 Å². The average molecular weight is 308 g/mol. The number of rotatable bonds is 5. The molecule has 0 aliphatic heterocycles. The first-order chi connectivity index (χ1) is 11.3. The number of nitrogens with one attached hydrogen (secondary N) is 1. The summed E-state index contributed by atoms with van der Waals surface area (Å²) in [5.74, 6) is 1.09. The normalized spacial score (nSPS) is 10.3. The number of carbonyl (C=O) groups excluding carboxylic acids is 1. The third kappa shape index (κ3) is 3.40. The predicted molar refractivity (Wildman–Crippen MR) is 86.1 cm³/mol. The van der Waals surface area contributed by atoms with Gasteiger partial charge < -0.3 is 14.5 Å². The van der Waals surface area contributed by atoms with E-state index in [1.807, 2.05) is 30.3 Å². The van der Waals surface area contributed by atoms with Crippen LogP contribution in [0, 0.1) is 0 Å². The molecule has 0 aliphatic carbocycles. The number of para-hydroxylation sites is 1. The number of aromatic nitrogens is 1. The van der Waals surface area contributed by atoms with Gasteiger partial charge in [-0.15, -0.1) is 0 Å². The molecule has 0 fully saturated rings. The van der Waals surface area contributed by atoms with E-state index >= 15 is 0 Å². The Balaban J connectivity index is 1.65. The highest BCUT2D eigenvalue weighted by Gasteiger charge is 2.11. The fourth-order valence-corrected chi connectivity index (χ4v) is 2.21. The number of carbonyl (C=O) groups is 1. The molecule has 0 spiro atoms. The number of hydrogen-bond donors (Lipinski definition) is 1. The topological polar surface area (TPSA) is 64.4 Å². The van der Waals surface area contributed by atoms with Gasteiger partial charge in [0.15, 0.2) is 5.76 Å². The number of amides is 1. The SMILES string of the molecule is COc1ccccc1C(=O)NCc1ccc(-c2ccco2)nc1. The summed E-state index contributed by atoms with van der Waals surface area (Å²) in [5, 5.41) is 2.86. The van der Waals surface area contributed by atoms with E-state index in [1.165, 1.54) is 0 Å². The quantitative estimate of drug-likeness (QED) is 0.785. The number of pyridine rings is 1. The maximum Gasteiger partial charge on any atom is 0.255 e. The molecule has 0 saturated heterocycles. The van der Waals surface area contributed by atoms with Crippen molar-refractivity contribution in [2.24, 2.45) is 0 Å². The molecule has 0 saturated carbocycles. The molecule has 23 heavy (non-hydrogen) atoms. The molecule has 1 aromatic carbocycles. The lowest BCUT2D eigenvalue weighted by molar-refractivity contribution is 0.0948. The van der Waals surface area contributed by atoms with Gasteiger partial charge in [-0.25, -0.2) is 0 Å². The summed E-state index contributed by atoms with van der Waals surface area (Å²) in [6.07, 6.45) is 3.33. The predicted octanol–water partition coefficient (Wildman–Crippen LogP) is 3.28. The lowest BCUT2D eigenvalue weighted by Crippen LogP contribution is -2.23. The number of ether oxygens (including phenoxy) is 1. The van der Waals surface area contributed by atoms with E-state index in [4.69, 9.17) is 9.15 Å². The number of nitrogens with zero attached hydrogens (tertiary/aromatic N) is 1. The van der Waals surface area contributed by atoms with Gasteiger partial charge >= 0.3 is 0 Å². The molecule has 3 rings (SSSR count). The van der Waals surface area contributed by atoms with Crippen molar-refractivity contribution in [1.29, 1.82) is 0 Å². The fraction of sp³-hybridized carbons (Fsp3) is 0.111. The standard InChI is InChI=1S/C18H16N2O3/c1-22-16-6-3-2-5-14(16)18(21)20-12-13-8-9-15(19-11-13)17-7-4-10-23-17/h2-11H,12H2,1H3,(H,20,21). The number of benzene rings is 1. The largest absolute Gasteiger partial charge is 0.496 e. The van der Waals surface area contributed by atoms with E-state index in [2.05, 4.69) is 10.3 Å². The Labute approximate surface area is 133 Å². The molecule has 0 aliphatic rings. The van der Waals surface area contributed by atoms with E-state index in [0.29, 0.717) is 17.9 Å². The van der Waals surface area contributed by atoms with E-state index in [1.54, 1.807) is 37.8 Å². The van der Waals surface area contributed by atoms with Gasteiger partial charge in [-0.2, -0.15) is 0 Å². The third-order valence-corrected chi connectivity index (χ3v) is 3.40. The molecular weight excluding hydrogens is 292 g/mol. The van der Waals surface area contributed by atoms with Gasteiger partial charge in [-0.05, 0) is 35.9 Å². The number of furan rings is 1. The van der Waals surface area contributed by atoms with Crippen LogP contribution in [0.4, 0.5) is 0 Å². The summed E-state index contributed by atoms with van der Waals surface area (Å²) in [4.78, 5) is 16.6. The molecule has 2 heterocycles. The molecular formula is C18H16N2O3. The molecule has 2 aromatic heterocycles. The maximum absolute atomic E-state index is 12.2.